The van der Waals surface area contributed by atoms with Gasteiger partial charge in [-0.3, -0.25) is 0 Å². The maximum Gasteiger partial charge on any atom is 0.152 e. The maximum absolute atomic E-state index is 13.0. The minimum absolute atomic E-state index is 0.113. The molecule has 1 aromatic carbocycles. The summed E-state index contributed by atoms with van der Waals surface area (Å²) in [5.41, 5.74) is 6.67. The van der Waals surface area contributed by atoms with Crippen molar-refractivity contribution in [1.82, 2.24) is 4.98 Å². The zero-order valence-electron chi connectivity index (χ0n) is 8.05. The molecule has 0 amide bonds. The van der Waals surface area contributed by atoms with E-state index in [1.165, 1.54) is 18.3 Å². The first-order valence-electron chi connectivity index (χ1n) is 4.44. The lowest BCUT2D eigenvalue weighted by Gasteiger charge is -2.06. The highest BCUT2D eigenvalue weighted by atomic mass is 35.5. The predicted molar refractivity (Wildman–Crippen MR) is 59.0 cm³/mol. The van der Waals surface area contributed by atoms with Crippen LogP contribution in [-0.2, 0) is 0 Å². The summed E-state index contributed by atoms with van der Waals surface area (Å²) in [5.74, 6) is -1.33. The third-order valence-electron chi connectivity index (χ3n) is 2.12. The van der Waals surface area contributed by atoms with Crippen LogP contribution in [0.3, 0.4) is 0 Å². The van der Waals surface area contributed by atoms with E-state index in [1.807, 2.05) is 0 Å². The highest BCUT2D eigenvalue weighted by molar-refractivity contribution is 6.32. The molecule has 2 N–H and O–H groups in total. The quantitative estimate of drug-likeness (QED) is 0.777. The fourth-order valence-electron chi connectivity index (χ4n) is 1.41. The summed E-state index contributed by atoms with van der Waals surface area (Å²) in [7, 11) is 0. The molecule has 0 aliphatic rings. The Balaban J connectivity index is 2.63. The number of aromatic nitrogens is 1. The average Bonchev–Trinajstić information content (AvgIpc) is 2.20. The van der Waals surface area contributed by atoms with Crippen molar-refractivity contribution in [2.75, 3.05) is 5.73 Å². The first-order valence-corrected chi connectivity index (χ1v) is 4.82. The minimum atomic E-state index is -0.665. The van der Waals surface area contributed by atoms with Crippen LogP contribution in [0.4, 0.5) is 14.5 Å². The molecule has 0 unspecified atom stereocenters. The van der Waals surface area contributed by atoms with Crippen molar-refractivity contribution in [3.05, 3.63) is 47.2 Å². The Bertz CT molecular complexity index is 523. The first-order chi connectivity index (χ1) is 7.58. The van der Waals surface area contributed by atoms with Crippen LogP contribution in [0.15, 0.2) is 30.5 Å². The maximum atomic E-state index is 13.0. The molecule has 0 aliphatic heterocycles. The lowest BCUT2D eigenvalue weighted by atomic mass is 10.1. The Kier molecular flexibility index (Phi) is 2.75. The van der Waals surface area contributed by atoms with Gasteiger partial charge in [-0.05, 0) is 23.8 Å². The first kappa shape index (κ1) is 10.8. The zero-order valence-corrected chi connectivity index (χ0v) is 8.80. The number of hydrogen-bond donors (Lipinski definition) is 1. The van der Waals surface area contributed by atoms with Crippen LogP contribution in [0.25, 0.3) is 11.1 Å². The van der Waals surface area contributed by atoms with Crippen molar-refractivity contribution in [3.63, 3.8) is 0 Å². The normalized spacial score (nSPS) is 10.4. The molecule has 0 bridgehead atoms. The number of rotatable bonds is 1. The van der Waals surface area contributed by atoms with Gasteiger partial charge in [0.05, 0.1) is 5.69 Å². The van der Waals surface area contributed by atoms with Crippen molar-refractivity contribution in [1.29, 1.82) is 0 Å². The molecule has 0 fully saturated rings. The lowest BCUT2D eigenvalue weighted by Crippen LogP contribution is -1.94. The van der Waals surface area contributed by atoms with Gasteiger partial charge in [0, 0.05) is 17.8 Å². The molecule has 5 heteroatoms. The van der Waals surface area contributed by atoms with E-state index in [1.54, 1.807) is 6.07 Å². The van der Waals surface area contributed by atoms with Gasteiger partial charge in [-0.15, -0.1) is 0 Å². The Morgan fingerprint density at radius 2 is 1.75 bits per heavy atom. The van der Waals surface area contributed by atoms with E-state index >= 15 is 0 Å². The number of hydrogen-bond acceptors (Lipinski definition) is 2. The summed E-state index contributed by atoms with van der Waals surface area (Å²) < 4.78 is 26.0. The number of nitrogens with two attached hydrogens (primary N) is 1. The summed E-state index contributed by atoms with van der Waals surface area (Å²) in [6.45, 7) is 0. The standard InChI is InChI=1S/C11H7ClF2N2/c12-11-10(15)9(1-2-16-11)6-3-7(13)5-8(14)4-6/h1-5H,15H2. The Morgan fingerprint density at radius 3 is 2.38 bits per heavy atom. The van der Waals surface area contributed by atoms with Gasteiger partial charge in [0.1, 0.15) is 11.6 Å². The molecule has 2 nitrogen and oxygen atoms in total. The Morgan fingerprint density at radius 1 is 1.12 bits per heavy atom. The predicted octanol–water partition coefficient (Wildman–Crippen LogP) is 3.26. The summed E-state index contributed by atoms with van der Waals surface area (Å²) >= 11 is 5.72. The van der Waals surface area contributed by atoms with Crippen molar-refractivity contribution in [2.24, 2.45) is 0 Å². The van der Waals surface area contributed by atoms with E-state index in [2.05, 4.69) is 4.98 Å². The number of halogens is 3. The second-order valence-corrected chi connectivity index (χ2v) is 3.58. The van der Waals surface area contributed by atoms with Crippen LogP contribution >= 0.6 is 11.6 Å². The third-order valence-corrected chi connectivity index (χ3v) is 2.42. The summed E-state index contributed by atoms with van der Waals surface area (Å²) in [5, 5.41) is 0.113. The largest absolute Gasteiger partial charge is 0.396 e. The molecule has 0 spiro atoms. The Labute approximate surface area is 95.7 Å². The highest BCUT2D eigenvalue weighted by Gasteiger charge is 2.09. The van der Waals surface area contributed by atoms with Crippen molar-refractivity contribution in [3.8, 4) is 11.1 Å². The monoisotopic (exact) mass is 240 g/mol. The number of benzene rings is 1. The van der Waals surface area contributed by atoms with Crippen molar-refractivity contribution < 1.29 is 8.78 Å². The topological polar surface area (TPSA) is 38.9 Å². The van der Waals surface area contributed by atoms with Gasteiger partial charge in [-0.25, -0.2) is 13.8 Å². The van der Waals surface area contributed by atoms with Crippen LogP contribution in [0, 0.1) is 11.6 Å². The number of pyridine rings is 1. The van der Waals surface area contributed by atoms with E-state index < -0.39 is 11.6 Å². The van der Waals surface area contributed by atoms with Gasteiger partial charge in [-0.1, -0.05) is 11.6 Å². The van der Waals surface area contributed by atoms with Crippen LogP contribution in [0.2, 0.25) is 5.15 Å². The molecule has 0 aliphatic carbocycles. The highest BCUT2D eigenvalue weighted by Crippen LogP contribution is 2.30. The molecule has 2 rings (SSSR count). The van der Waals surface area contributed by atoms with E-state index in [0.29, 0.717) is 11.1 Å². The van der Waals surface area contributed by atoms with Crippen LogP contribution in [-0.4, -0.2) is 4.98 Å². The fraction of sp³-hybridized carbons (Fsp3) is 0. The molecule has 1 heterocycles. The number of nitrogen functional groups attached to an aromatic ring is 1. The summed E-state index contributed by atoms with van der Waals surface area (Å²) in [6.07, 6.45) is 1.43. The second-order valence-electron chi connectivity index (χ2n) is 3.22. The fourth-order valence-corrected chi connectivity index (χ4v) is 1.57. The molecule has 82 valence electrons. The Hall–Kier alpha value is -1.68. The van der Waals surface area contributed by atoms with E-state index in [9.17, 15) is 8.78 Å². The molecular weight excluding hydrogens is 234 g/mol. The molecule has 0 saturated carbocycles. The van der Waals surface area contributed by atoms with Gasteiger partial charge >= 0.3 is 0 Å². The van der Waals surface area contributed by atoms with Gasteiger partial charge in [-0.2, -0.15) is 0 Å². The summed E-state index contributed by atoms with van der Waals surface area (Å²) in [4.78, 5) is 3.76. The molecule has 0 radical (unpaired) electrons. The zero-order chi connectivity index (χ0) is 11.7. The van der Waals surface area contributed by atoms with Gasteiger partial charge in [0.25, 0.3) is 0 Å². The number of nitrogens with zero attached hydrogens (tertiary/aromatic N) is 1. The van der Waals surface area contributed by atoms with Crippen molar-refractivity contribution >= 4 is 17.3 Å². The van der Waals surface area contributed by atoms with Gasteiger partial charge in [0.15, 0.2) is 5.15 Å². The lowest BCUT2D eigenvalue weighted by molar-refractivity contribution is 0.584. The van der Waals surface area contributed by atoms with E-state index in [4.69, 9.17) is 17.3 Å². The molecule has 0 saturated heterocycles. The minimum Gasteiger partial charge on any atom is -0.396 e. The van der Waals surface area contributed by atoms with E-state index in [-0.39, 0.29) is 10.8 Å². The van der Waals surface area contributed by atoms with Crippen LogP contribution in [0.5, 0.6) is 0 Å². The second kappa shape index (κ2) is 4.06. The van der Waals surface area contributed by atoms with Crippen LogP contribution in [0.1, 0.15) is 0 Å². The van der Waals surface area contributed by atoms with E-state index in [0.717, 1.165) is 6.07 Å². The molecule has 2 aromatic rings. The number of anilines is 1. The SMILES string of the molecule is Nc1c(-c2cc(F)cc(F)c2)ccnc1Cl. The molecular formula is C11H7ClF2N2. The average molecular weight is 241 g/mol. The van der Waals surface area contributed by atoms with Crippen LogP contribution < -0.4 is 5.73 Å². The molecule has 16 heavy (non-hydrogen) atoms. The summed E-state index contributed by atoms with van der Waals surface area (Å²) in [6, 6.07) is 4.72. The third kappa shape index (κ3) is 1.97. The van der Waals surface area contributed by atoms with Crippen molar-refractivity contribution in [2.45, 2.75) is 0 Å². The smallest absolute Gasteiger partial charge is 0.152 e. The molecule has 1 aromatic heterocycles. The van der Waals surface area contributed by atoms with Gasteiger partial charge in [0.2, 0.25) is 0 Å². The van der Waals surface area contributed by atoms with Gasteiger partial charge < -0.3 is 5.73 Å². The molecule has 0 atom stereocenters.